The highest BCUT2D eigenvalue weighted by Crippen LogP contribution is 2.13. The monoisotopic (exact) mass is 223 g/mol. The first-order valence-corrected chi connectivity index (χ1v) is 5.91. The zero-order chi connectivity index (χ0) is 12.0. The molecule has 90 valence electrons. The minimum Gasteiger partial charge on any atom is -0.477 e. The molecule has 0 aromatic carbocycles. The number of aromatic nitrogens is 2. The Kier molecular flexibility index (Phi) is 5.02. The molecule has 0 saturated carbocycles. The second kappa shape index (κ2) is 6.30. The molecule has 1 aromatic heterocycles. The Balaban J connectivity index is 2.56. The van der Waals surface area contributed by atoms with E-state index in [0.29, 0.717) is 24.2 Å². The topological polar surface area (TPSA) is 61.0 Å². The zero-order valence-electron chi connectivity index (χ0n) is 10.4. The zero-order valence-corrected chi connectivity index (χ0v) is 10.4. The van der Waals surface area contributed by atoms with Crippen LogP contribution >= 0.6 is 0 Å². The molecule has 1 aromatic rings. The average Bonchev–Trinajstić information content (AvgIpc) is 2.26. The molecular weight excluding hydrogens is 202 g/mol. The van der Waals surface area contributed by atoms with Gasteiger partial charge in [-0.15, -0.1) is 0 Å². The summed E-state index contributed by atoms with van der Waals surface area (Å²) in [7, 11) is 0. The van der Waals surface area contributed by atoms with Gasteiger partial charge >= 0.3 is 0 Å². The van der Waals surface area contributed by atoms with Crippen LogP contribution in [0.1, 0.15) is 39.4 Å². The van der Waals surface area contributed by atoms with Gasteiger partial charge in [-0.2, -0.15) is 4.98 Å². The molecule has 4 nitrogen and oxygen atoms in total. The number of nitrogen functional groups attached to an aromatic ring is 1. The lowest BCUT2D eigenvalue weighted by molar-refractivity contribution is 0.242. The summed E-state index contributed by atoms with van der Waals surface area (Å²) in [6.07, 6.45) is 3.11. The fourth-order valence-corrected chi connectivity index (χ4v) is 1.53. The molecule has 1 atom stereocenters. The second-order valence-corrected chi connectivity index (χ2v) is 4.11. The summed E-state index contributed by atoms with van der Waals surface area (Å²) in [5.41, 5.74) is 5.67. The first kappa shape index (κ1) is 12.7. The maximum absolute atomic E-state index is 5.67. The van der Waals surface area contributed by atoms with Crippen LogP contribution in [0.3, 0.4) is 0 Å². The largest absolute Gasteiger partial charge is 0.477 e. The van der Waals surface area contributed by atoms with Crippen molar-refractivity contribution < 1.29 is 4.74 Å². The van der Waals surface area contributed by atoms with Crippen LogP contribution in [-0.2, 0) is 6.42 Å². The lowest BCUT2D eigenvalue weighted by Gasteiger charge is -2.12. The summed E-state index contributed by atoms with van der Waals surface area (Å²) in [6, 6.07) is 1.68. The first-order valence-electron chi connectivity index (χ1n) is 5.91. The molecule has 0 bridgehead atoms. The van der Waals surface area contributed by atoms with E-state index in [1.165, 1.54) is 12.8 Å². The normalized spacial score (nSPS) is 12.4. The van der Waals surface area contributed by atoms with Gasteiger partial charge in [0.15, 0.2) is 0 Å². The number of hydrogen-bond acceptors (Lipinski definition) is 4. The number of ether oxygens (including phenoxy) is 1. The van der Waals surface area contributed by atoms with E-state index in [1.54, 1.807) is 6.07 Å². The fraction of sp³-hybridized carbons (Fsp3) is 0.667. The standard InChI is InChI=1S/C12H21N3O/c1-4-6-9(3)8-16-12-7-10(13)14-11(5-2)15-12/h7,9H,4-6,8H2,1-3H3,(H2,13,14,15). The minimum absolute atomic E-state index is 0.477. The Morgan fingerprint density at radius 3 is 2.75 bits per heavy atom. The lowest BCUT2D eigenvalue weighted by atomic mass is 10.1. The van der Waals surface area contributed by atoms with Gasteiger partial charge < -0.3 is 10.5 Å². The van der Waals surface area contributed by atoms with Crippen molar-refractivity contribution in [3.8, 4) is 5.88 Å². The van der Waals surface area contributed by atoms with E-state index in [4.69, 9.17) is 10.5 Å². The van der Waals surface area contributed by atoms with Gasteiger partial charge in [-0.1, -0.05) is 27.2 Å². The van der Waals surface area contributed by atoms with Crippen molar-refractivity contribution in [1.29, 1.82) is 0 Å². The van der Waals surface area contributed by atoms with E-state index < -0.39 is 0 Å². The minimum atomic E-state index is 0.477. The van der Waals surface area contributed by atoms with Crippen LogP contribution in [0.25, 0.3) is 0 Å². The Hall–Kier alpha value is -1.32. The van der Waals surface area contributed by atoms with E-state index >= 15 is 0 Å². The Morgan fingerprint density at radius 1 is 1.38 bits per heavy atom. The van der Waals surface area contributed by atoms with Gasteiger partial charge in [-0.3, -0.25) is 0 Å². The molecule has 2 N–H and O–H groups in total. The van der Waals surface area contributed by atoms with Crippen LogP contribution in [0.5, 0.6) is 5.88 Å². The van der Waals surface area contributed by atoms with Gasteiger partial charge in [0.25, 0.3) is 0 Å². The molecule has 0 radical (unpaired) electrons. The van der Waals surface area contributed by atoms with Crippen molar-refractivity contribution in [2.75, 3.05) is 12.3 Å². The maximum atomic E-state index is 5.67. The summed E-state index contributed by atoms with van der Waals surface area (Å²) >= 11 is 0. The van der Waals surface area contributed by atoms with Crippen molar-refractivity contribution in [2.24, 2.45) is 5.92 Å². The second-order valence-electron chi connectivity index (χ2n) is 4.11. The molecule has 1 unspecified atom stereocenters. The number of rotatable bonds is 6. The third-order valence-corrected chi connectivity index (χ3v) is 2.38. The molecule has 0 aliphatic carbocycles. The van der Waals surface area contributed by atoms with Gasteiger partial charge in [0.1, 0.15) is 11.6 Å². The van der Waals surface area contributed by atoms with Crippen molar-refractivity contribution in [3.63, 3.8) is 0 Å². The molecule has 4 heteroatoms. The molecule has 0 fully saturated rings. The molecule has 0 saturated heterocycles. The highest BCUT2D eigenvalue weighted by Gasteiger charge is 2.05. The van der Waals surface area contributed by atoms with Crippen molar-refractivity contribution in [1.82, 2.24) is 9.97 Å². The number of hydrogen-bond donors (Lipinski definition) is 1. The Morgan fingerprint density at radius 2 is 2.12 bits per heavy atom. The molecular formula is C12H21N3O. The van der Waals surface area contributed by atoms with Gasteiger partial charge in [-0.05, 0) is 12.3 Å². The lowest BCUT2D eigenvalue weighted by Crippen LogP contribution is -2.10. The smallest absolute Gasteiger partial charge is 0.218 e. The first-order chi connectivity index (χ1) is 7.65. The third-order valence-electron chi connectivity index (χ3n) is 2.38. The molecule has 0 aliphatic rings. The van der Waals surface area contributed by atoms with Crippen molar-refractivity contribution in [3.05, 3.63) is 11.9 Å². The predicted molar refractivity (Wildman–Crippen MR) is 65.4 cm³/mol. The van der Waals surface area contributed by atoms with Crippen LogP contribution in [-0.4, -0.2) is 16.6 Å². The highest BCUT2D eigenvalue weighted by molar-refractivity contribution is 5.32. The summed E-state index contributed by atoms with van der Waals surface area (Å²) in [5, 5.41) is 0. The van der Waals surface area contributed by atoms with Gasteiger partial charge in [0.2, 0.25) is 5.88 Å². The van der Waals surface area contributed by atoms with E-state index in [1.807, 2.05) is 6.92 Å². The van der Waals surface area contributed by atoms with E-state index in [9.17, 15) is 0 Å². The maximum Gasteiger partial charge on any atom is 0.218 e. The predicted octanol–water partition coefficient (Wildman–Crippen LogP) is 2.44. The molecule has 0 spiro atoms. The summed E-state index contributed by atoms with van der Waals surface area (Å²) < 4.78 is 5.61. The molecule has 1 rings (SSSR count). The quantitative estimate of drug-likeness (QED) is 0.804. The Bertz CT molecular complexity index is 328. The van der Waals surface area contributed by atoms with Crippen LogP contribution in [0.2, 0.25) is 0 Å². The third kappa shape index (κ3) is 4.04. The van der Waals surface area contributed by atoms with Gasteiger partial charge in [-0.25, -0.2) is 4.98 Å². The van der Waals surface area contributed by atoms with Gasteiger partial charge in [0, 0.05) is 12.5 Å². The van der Waals surface area contributed by atoms with Crippen LogP contribution in [0, 0.1) is 5.92 Å². The number of nitrogens with two attached hydrogens (primary N) is 1. The molecule has 16 heavy (non-hydrogen) atoms. The van der Waals surface area contributed by atoms with Crippen LogP contribution < -0.4 is 10.5 Å². The fourth-order valence-electron chi connectivity index (χ4n) is 1.53. The molecule has 0 aliphatic heterocycles. The Labute approximate surface area is 97.2 Å². The molecule has 0 amide bonds. The molecule has 1 heterocycles. The van der Waals surface area contributed by atoms with Crippen molar-refractivity contribution in [2.45, 2.75) is 40.0 Å². The van der Waals surface area contributed by atoms with E-state index in [0.717, 1.165) is 12.2 Å². The number of nitrogens with zero attached hydrogens (tertiary/aromatic N) is 2. The number of aryl methyl sites for hydroxylation is 1. The number of anilines is 1. The van der Waals surface area contributed by atoms with Crippen LogP contribution in [0.4, 0.5) is 5.82 Å². The highest BCUT2D eigenvalue weighted by atomic mass is 16.5. The summed E-state index contributed by atoms with van der Waals surface area (Å²) in [5.74, 6) is 2.35. The van der Waals surface area contributed by atoms with Crippen molar-refractivity contribution >= 4 is 5.82 Å². The SMILES string of the molecule is CCCC(C)COc1cc(N)nc(CC)n1. The average molecular weight is 223 g/mol. The summed E-state index contributed by atoms with van der Waals surface area (Å²) in [4.78, 5) is 8.37. The summed E-state index contributed by atoms with van der Waals surface area (Å²) in [6.45, 7) is 7.04. The van der Waals surface area contributed by atoms with E-state index in [-0.39, 0.29) is 0 Å². The van der Waals surface area contributed by atoms with Crippen LogP contribution in [0.15, 0.2) is 6.07 Å². The van der Waals surface area contributed by atoms with E-state index in [2.05, 4.69) is 23.8 Å². The van der Waals surface area contributed by atoms with Gasteiger partial charge in [0.05, 0.1) is 6.61 Å².